The maximum absolute atomic E-state index is 12.3. The molecule has 1 aromatic carbocycles. The van der Waals surface area contributed by atoms with Gasteiger partial charge in [0.1, 0.15) is 6.54 Å². The Kier molecular flexibility index (Phi) is 5.19. The molecule has 2 rings (SSSR count). The molecule has 1 atom stereocenters. The number of methoxy groups -OCH3 is 1. The fourth-order valence-electron chi connectivity index (χ4n) is 2.15. The summed E-state index contributed by atoms with van der Waals surface area (Å²) in [5.74, 6) is -0.192. The standard InChI is InChI=1S/C14H19NO5S/c1-19-14(16)8-15-12-2-4-13(5-3-12)21(17,18)10-11-6-7-20-9-11/h2-5,11,15H,6-10H2,1H3. The van der Waals surface area contributed by atoms with E-state index in [2.05, 4.69) is 10.1 Å². The molecule has 1 N–H and O–H groups in total. The molecule has 1 fully saturated rings. The van der Waals surface area contributed by atoms with Gasteiger partial charge in [-0.15, -0.1) is 0 Å². The predicted octanol–water partition coefficient (Wildman–Crippen LogP) is 1.08. The lowest BCUT2D eigenvalue weighted by atomic mass is 10.2. The average molecular weight is 313 g/mol. The van der Waals surface area contributed by atoms with Crippen molar-refractivity contribution >= 4 is 21.5 Å². The minimum absolute atomic E-state index is 0.0437. The molecule has 0 aliphatic carbocycles. The highest BCUT2D eigenvalue weighted by atomic mass is 32.2. The fraction of sp³-hybridized carbons (Fsp3) is 0.500. The predicted molar refractivity (Wildman–Crippen MR) is 77.9 cm³/mol. The molecule has 0 bridgehead atoms. The topological polar surface area (TPSA) is 81.7 Å². The SMILES string of the molecule is COC(=O)CNc1ccc(S(=O)(=O)CC2CCOC2)cc1. The number of ether oxygens (including phenoxy) is 2. The summed E-state index contributed by atoms with van der Waals surface area (Å²) in [6.45, 7) is 1.19. The van der Waals surface area contributed by atoms with Crippen molar-refractivity contribution in [3.63, 3.8) is 0 Å². The lowest BCUT2D eigenvalue weighted by Gasteiger charge is -2.10. The second-order valence-electron chi connectivity index (χ2n) is 4.97. The molecular weight excluding hydrogens is 294 g/mol. The number of hydrogen-bond acceptors (Lipinski definition) is 6. The summed E-state index contributed by atoms with van der Waals surface area (Å²) in [5.41, 5.74) is 0.670. The average Bonchev–Trinajstić information content (AvgIpc) is 2.97. The molecule has 1 aromatic rings. The van der Waals surface area contributed by atoms with Crippen LogP contribution in [0.1, 0.15) is 6.42 Å². The van der Waals surface area contributed by atoms with Crippen LogP contribution in [0.3, 0.4) is 0 Å². The number of carbonyl (C=O) groups is 1. The first-order valence-corrected chi connectivity index (χ1v) is 8.38. The highest BCUT2D eigenvalue weighted by Crippen LogP contribution is 2.21. The van der Waals surface area contributed by atoms with E-state index in [9.17, 15) is 13.2 Å². The zero-order chi connectivity index (χ0) is 15.3. The maximum Gasteiger partial charge on any atom is 0.325 e. The largest absolute Gasteiger partial charge is 0.468 e. The Morgan fingerprint density at radius 3 is 2.67 bits per heavy atom. The monoisotopic (exact) mass is 313 g/mol. The van der Waals surface area contributed by atoms with Crippen LogP contribution in [0.4, 0.5) is 5.69 Å². The van der Waals surface area contributed by atoms with Crippen LogP contribution in [0.15, 0.2) is 29.2 Å². The molecule has 7 heteroatoms. The Balaban J connectivity index is 1.98. The molecule has 0 amide bonds. The van der Waals surface area contributed by atoms with Crippen LogP contribution in [0, 0.1) is 5.92 Å². The Hall–Kier alpha value is -1.60. The van der Waals surface area contributed by atoms with Gasteiger partial charge < -0.3 is 14.8 Å². The molecule has 0 radical (unpaired) electrons. The van der Waals surface area contributed by atoms with Crippen molar-refractivity contribution in [2.45, 2.75) is 11.3 Å². The summed E-state index contributed by atoms with van der Waals surface area (Å²) in [5, 5.41) is 2.86. The molecular formula is C14H19NO5S. The highest BCUT2D eigenvalue weighted by Gasteiger charge is 2.24. The fourth-order valence-corrected chi connectivity index (χ4v) is 3.77. The van der Waals surface area contributed by atoms with Crippen molar-refractivity contribution in [3.05, 3.63) is 24.3 Å². The van der Waals surface area contributed by atoms with Gasteiger partial charge in [-0.05, 0) is 36.6 Å². The van der Waals surface area contributed by atoms with Gasteiger partial charge in [-0.3, -0.25) is 4.79 Å². The van der Waals surface area contributed by atoms with Gasteiger partial charge in [0, 0.05) is 12.3 Å². The third-order valence-electron chi connectivity index (χ3n) is 3.36. The summed E-state index contributed by atoms with van der Waals surface area (Å²) < 4.78 is 34.2. The van der Waals surface area contributed by atoms with Crippen LogP contribution in [-0.4, -0.2) is 47.0 Å². The van der Waals surface area contributed by atoms with E-state index in [1.807, 2.05) is 0 Å². The van der Waals surface area contributed by atoms with E-state index in [-0.39, 0.29) is 29.1 Å². The summed E-state index contributed by atoms with van der Waals surface area (Å²) in [7, 11) is -1.98. The minimum Gasteiger partial charge on any atom is -0.468 e. The van der Waals surface area contributed by atoms with E-state index in [0.29, 0.717) is 18.9 Å². The third-order valence-corrected chi connectivity index (χ3v) is 5.26. The summed E-state index contributed by atoms with van der Waals surface area (Å²) in [6.07, 6.45) is 0.790. The first kappa shape index (κ1) is 15.8. The Bertz CT molecular complexity index is 576. The van der Waals surface area contributed by atoms with Crippen LogP contribution < -0.4 is 5.32 Å². The lowest BCUT2D eigenvalue weighted by molar-refractivity contribution is -0.138. The first-order valence-electron chi connectivity index (χ1n) is 6.72. The van der Waals surface area contributed by atoms with E-state index < -0.39 is 9.84 Å². The van der Waals surface area contributed by atoms with E-state index >= 15 is 0 Å². The van der Waals surface area contributed by atoms with E-state index in [1.165, 1.54) is 7.11 Å². The van der Waals surface area contributed by atoms with Crippen molar-refractivity contribution in [1.29, 1.82) is 0 Å². The molecule has 1 saturated heterocycles. The molecule has 0 spiro atoms. The first-order chi connectivity index (χ1) is 10.0. The van der Waals surface area contributed by atoms with Gasteiger partial charge in [0.15, 0.2) is 9.84 Å². The normalized spacial score (nSPS) is 18.4. The summed E-state index contributed by atoms with van der Waals surface area (Å²) >= 11 is 0. The summed E-state index contributed by atoms with van der Waals surface area (Å²) in [6, 6.07) is 6.37. The van der Waals surface area contributed by atoms with Gasteiger partial charge in [0.2, 0.25) is 0 Å². The number of carbonyl (C=O) groups excluding carboxylic acids is 1. The maximum atomic E-state index is 12.3. The second kappa shape index (κ2) is 6.91. The second-order valence-corrected chi connectivity index (χ2v) is 7.00. The lowest BCUT2D eigenvalue weighted by Crippen LogP contribution is -2.17. The van der Waals surface area contributed by atoms with E-state index in [0.717, 1.165) is 6.42 Å². The highest BCUT2D eigenvalue weighted by molar-refractivity contribution is 7.91. The van der Waals surface area contributed by atoms with Crippen LogP contribution in [0.5, 0.6) is 0 Å². The zero-order valence-corrected chi connectivity index (χ0v) is 12.7. The van der Waals surface area contributed by atoms with Gasteiger partial charge >= 0.3 is 5.97 Å². The molecule has 21 heavy (non-hydrogen) atoms. The number of anilines is 1. The third kappa shape index (κ3) is 4.44. The Morgan fingerprint density at radius 1 is 1.38 bits per heavy atom. The van der Waals surface area contributed by atoms with Crippen LogP contribution in [0.25, 0.3) is 0 Å². The number of nitrogens with one attached hydrogen (secondary N) is 1. The van der Waals surface area contributed by atoms with Crippen LogP contribution >= 0.6 is 0 Å². The van der Waals surface area contributed by atoms with Crippen molar-refractivity contribution in [1.82, 2.24) is 0 Å². The Labute approximate surface area is 124 Å². The molecule has 0 saturated carbocycles. The van der Waals surface area contributed by atoms with Gasteiger partial charge in [0.25, 0.3) is 0 Å². The van der Waals surface area contributed by atoms with Gasteiger partial charge in [-0.1, -0.05) is 0 Å². The Morgan fingerprint density at radius 2 is 2.10 bits per heavy atom. The number of sulfone groups is 1. The van der Waals surface area contributed by atoms with Gasteiger partial charge in [0.05, 0.1) is 24.4 Å². The zero-order valence-electron chi connectivity index (χ0n) is 11.9. The van der Waals surface area contributed by atoms with E-state index in [4.69, 9.17) is 4.74 Å². The molecule has 1 aliphatic rings. The molecule has 1 unspecified atom stereocenters. The minimum atomic E-state index is -3.30. The van der Waals surface area contributed by atoms with Crippen molar-refractivity contribution in [3.8, 4) is 0 Å². The van der Waals surface area contributed by atoms with Gasteiger partial charge in [-0.2, -0.15) is 0 Å². The molecule has 1 heterocycles. The van der Waals surface area contributed by atoms with Crippen LogP contribution in [-0.2, 0) is 24.1 Å². The number of hydrogen-bond donors (Lipinski definition) is 1. The number of esters is 1. The van der Waals surface area contributed by atoms with Crippen molar-refractivity contribution in [2.75, 3.05) is 37.9 Å². The number of benzene rings is 1. The molecule has 6 nitrogen and oxygen atoms in total. The molecule has 116 valence electrons. The van der Waals surface area contributed by atoms with Crippen LogP contribution in [0.2, 0.25) is 0 Å². The van der Waals surface area contributed by atoms with E-state index in [1.54, 1.807) is 24.3 Å². The van der Waals surface area contributed by atoms with Gasteiger partial charge in [-0.25, -0.2) is 8.42 Å². The van der Waals surface area contributed by atoms with Crippen molar-refractivity contribution < 1.29 is 22.7 Å². The quantitative estimate of drug-likeness (QED) is 0.792. The number of rotatable bonds is 6. The van der Waals surface area contributed by atoms with Crippen molar-refractivity contribution in [2.24, 2.45) is 5.92 Å². The molecule has 0 aromatic heterocycles. The summed E-state index contributed by atoms with van der Waals surface area (Å²) in [4.78, 5) is 11.3. The molecule has 1 aliphatic heterocycles. The smallest absolute Gasteiger partial charge is 0.325 e.